The lowest BCUT2D eigenvalue weighted by Crippen LogP contribution is -2.51. The van der Waals surface area contributed by atoms with Gasteiger partial charge in [0.1, 0.15) is 30.3 Å². The van der Waals surface area contributed by atoms with Crippen LogP contribution in [0.3, 0.4) is 0 Å². The lowest BCUT2D eigenvalue weighted by atomic mass is 9.81. The van der Waals surface area contributed by atoms with Crippen molar-refractivity contribution in [1.82, 2.24) is 26.6 Å². The van der Waals surface area contributed by atoms with Crippen LogP contribution < -0.4 is 26.6 Å². The summed E-state index contributed by atoms with van der Waals surface area (Å²) in [4.78, 5) is 86.6. The van der Waals surface area contributed by atoms with Crippen molar-refractivity contribution in [3.05, 3.63) is 83.9 Å². The first-order chi connectivity index (χ1) is 28.1. The summed E-state index contributed by atoms with van der Waals surface area (Å²) in [6.45, 7) is 4.49. The van der Waals surface area contributed by atoms with Gasteiger partial charge in [0, 0.05) is 18.9 Å². The maximum atomic E-state index is 13.7. The van der Waals surface area contributed by atoms with E-state index in [2.05, 4.69) is 26.6 Å². The zero-order chi connectivity index (χ0) is 43.0. The number of carbonyl (C=O) groups excluding carboxylic acids is 4. The number of rotatable bonds is 22. The predicted octanol–water partition coefficient (Wildman–Crippen LogP) is 4.27. The Morgan fingerprint density at radius 2 is 1.37 bits per heavy atom. The van der Waals surface area contributed by atoms with E-state index < -0.39 is 59.9 Å². The molecular weight excluding hydrogens is 762 g/mol. The minimum Gasteiger partial charge on any atom is -0.481 e. The highest BCUT2D eigenvalue weighted by Gasteiger charge is 2.33. The molecule has 0 spiro atoms. The van der Waals surface area contributed by atoms with Gasteiger partial charge < -0.3 is 46.6 Å². The van der Waals surface area contributed by atoms with Crippen LogP contribution in [-0.2, 0) is 40.1 Å². The molecule has 59 heavy (non-hydrogen) atoms. The molecule has 0 heterocycles. The SMILES string of the molecule is CC(C)(NCC1CCC(C(=O)N[C@H](C(=O)NCCCC[C@H](NC(=O)N[C@@H](CCC(=O)O)C(=O)O)C(=O)O)c2ccc3ccccc3c2)CC1)C(=O)OCc1ccccc1. The number of nitrogens with one attached hydrogen (secondary N) is 5. The fourth-order valence-corrected chi connectivity index (χ4v) is 6.88. The molecule has 4 amide bonds. The van der Waals surface area contributed by atoms with E-state index in [9.17, 15) is 43.8 Å². The average molecular weight is 818 g/mol. The van der Waals surface area contributed by atoms with Crippen LogP contribution >= 0.6 is 0 Å². The van der Waals surface area contributed by atoms with Gasteiger partial charge in [0.15, 0.2) is 0 Å². The highest BCUT2D eigenvalue weighted by Crippen LogP contribution is 2.30. The Morgan fingerprint density at radius 3 is 2.02 bits per heavy atom. The Balaban J connectivity index is 1.28. The quantitative estimate of drug-likeness (QED) is 0.0523. The van der Waals surface area contributed by atoms with Crippen LogP contribution in [-0.4, -0.2) is 87.8 Å². The van der Waals surface area contributed by atoms with Gasteiger partial charge in [-0.1, -0.05) is 66.7 Å². The van der Waals surface area contributed by atoms with E-state index in [-0.39, 0.29) is 56.1 Å². The standard InChI is InChI=1S/C43H55N5O11/c1-43(2,41(57)59-26-28-10-4-3-5-11-28)45-25-27-15-17-30(18-16-27)37(51)48-36(32-20-19-29-12-6-7-13-31(29)24-32)38(52)44-23-9-8-14-33(39(53)54)46-42(58)47-34(40(55)56)21-22-35(49)50/h3-7,10-13,19-20,24,27,30,33-34,36,45H,8-9,14-18,21-23,25-26H2,1-2H3,(H,44,52)(H,48,51)(H,49,50)(H,53,54)(H,55,56)(H2,46,47,58)/t27?,30?,33-,34-,36-/m0/s1. The lowest BCUT2D eigenvalue weighted by molar-refractivity contribution is -0.152. The van der Waals surface area contributed by atoms with E-state index in [1.165, 1.54) is 0 Å². The van der Waals surface area contributed by atoms with Gasteiger partial charge in [-0.05, 0) is 106 Å². The number of hydrogen-bond acceptors (Lipinski definition) is 9. The highest BCUT2D eigenvalue weighted by molar-refractivity contribution is 5.91. The molecule has 1 aliphatic carbocycles. The van der Waals surface area contributed by atoms with Gasteiger partial charge in [-0.2, -0.15) is 0 Å². The number of fused-ring (bicyclic) bond motifs is 1. The number of aliphatic carboxylic acids is 3. The highest BCUT2D eigenvalue weighted by atomic mass is 16.5. The fraction of sp³-hybridized carbons (Fsp3) is 0.465. The monoisotopic (exact) mass is 817 g/mol. The molecule has 0 saturated heterocycles. The Hall–Kier alpha value is -6.03. The molecule has 4 rings (SSSR count). The van der Waals surface area contributed by atoms with Gasteiger partial charge in [-0.3, -0.25) is 19.2 Å². The summed E-state index contributed by atoms with van der Waals surface area (Å²) in [5, 5.41) is 43.1. The summed E-state index contributed by atoms with van der Waals surface area (Å²) >= 11 is 0. The molecule has 318 valence electrons. The van der Waals surface area contributed by atoms with Crippen LogP contribution in [0.15, 0.2) is 72.8 Å². The van der Waals surface area contributed by atoms with Gasteiger partial charge in [0.05, 0.1) is 0 Å². The number of carbonyl (C=O) groups is 7. The largest absolute Gasteiger partial charge is 0.481 e. The molecule has 16 nitrogen and oxygen atoms in total. The van der Waals surface area contributed by atoms with Gasteiger partial charge in [-0.15, -0.1) is 0 Å². The molecule has 0 aliphatic heterocycles. The number of hydrogen-bond donors (Lipinski definition) is 8. The van der Waals surface area contributed by atoms with Crippen LogP contribution in [0, 0.1) is 11.8 Å². The molecule has 3 atom stereocenters. The van der Waals surface area contributed by atoms with E-state index in [4.69, 9.17) is 9.84 Å². The van der Waals surface area contributed by atoms with Crippen molar-refractivity contribution in [3.63, 3.8) is 0 Å². The number of urea groups is 1. The number of unbranched alkanes of at least 4 members (excludes halogenated alkanes) is 1. The molecule has 0 aromatic heterocycles. The zero-order valence-electron chi connectivity index (χ0n) is 33.4. The van der Waals surface area contributed by atoms with Crippen LogP contribution in [0.1, 0.15) is 88.8 Å². The van der Waals surface area contributed by atoms with Gasteiger partial charge in [-0.25, -0.2) is 14.4 Å². The summed E-state index contributed by atoms with van der Waals surface area (Å²) in [5.74, 6) is -5.16. The molecule has 1 saturated carbocycles. The van der Waals surface area contributed by atoms with Crippen molar-refractivity contribution in [3.8, 4) is 0 Å². The summed E-state index contributed by atoms with van der Waals surface area (Å²) < 4.78 is 5.54. The molecule has 0 unspecified atom stereocenters. The molecule has 3 aromatic carbocycles. The topological polar surface area (TPSA) is 250 Å². The minimum atomic E-state index is -1.52. The third-order valence-electron chi connectivity index (χ3n) is 10.5. The van der Waals surface area contributed by atoms with E-state index in [0.717, 1.165) is 29.2 Å². The minimum absolute atomic E-state index is 0.0373. The zero-order valence-corrected chi connectivity index (χ0v) is 33.4. The molecule has 0 bridgehead atoms. The second kappa shape index (κ2) is 22.2. The fourth-order valence-electron chi connectivity index (χ4n) is 6.88. The first-order valence-electron chi connectivity index (χ1n) is 19.9. The molecule has 1 aliphatic rings. The van der Waals surface area contributed by atoms with Crippen molar-refractivity contribution in [1.29, 1.82) is 0 Å². The second-order valence-electron chi connectivity index (χ2n) is 15.5. The molecule has 0 radical (unpaired) electrons. The third-order valence-corrected chi connectivity index (χ3v) is 10.5. The normalized spacial score (nSPS) is 16.8. The van der Waals surface area contributed by atoms with Crippen LogP contribution in [0.5, 0.6) is 0 Å². The number of amides is 4. The van der Waals surface area contributed by atoms with Crippen LogP contribution in [0.25, 0.3) is 10.8 Å². The summed E-state index contributed by atoms with van der Waals surface area (Å²) in [6, 6.07) is 17.7. The van der Waals surface area contributed by atoms with Gasteiger partial charge in [0.2, 0.25) is 11.8 Å². The maximum Gasteiger partial charge on any atom is 0.326 e. The van der Waals surface area contributed by atoms with Crippen LogP contribution in [0.4, 0.5) is 4.79 Å². The van der Waals surface area contributed by atoms with Gasteiger partial charge >= 0.3 is 29.9 Å². The average Bonchev–Trinajstić information content (AvgIpc) is 3.22. The van der Waals surface area contributed by atoms with E-state index >= 15 is 0 Å². The number of benzene rings is 3. The number of ether oxygens (including phenoxy) is 1. The molecule has 3 aromatic rings. The molecule has 1 fully saturated rings. The third kappa shape index (κ3) is 14.7. The van der Waals surface area contributed by atoms with E-state index in [1.54, 1.807) is 19.9 Å². The Labute approximate surface area is 342 Å². The summed E-state index contributed by atoms with van der Waals surface area (Å²) in [7, 11) is 0. The Bertz CT molecular complexity index is 1930. The lowest BCUT2D eigenvalue weighted by Gasteiger charge is -2.32. The van der Waals surface area contributed by atoms with E-state index in [0.29, 0.717) is 31.4 Å². The molecule has 8 N–H and O–H groups in total. The molecule has 16 heteroatoms. The number of carboxylic acids is 3. The number of carboxylic acid groups (broad SMARTS) is 3. The smallest absolute Gasteiger partial charge is 0.326 e. The first-order valence-corrected chi connectivity index (χ1v) is 19.9. The summed E-state index contributed by atoms with van der Waals surface area (Å²) in [6.07, 6.45) is 2.39. The van der Waals surface area contributed by atoms with Crippen molar-refractivity contribution in [2.45, 2.75) is 102 Å². The van der Waals surface area contributed by atoms with Gasteiger partial charge in [0.25, 0.3) is 0 Å². The first kappa shape index (κ1) is 45.7. The van der Waals surface area contributed by atoms with Crippen molar-refractivity contribution in [2.24, 2.45) is 11.8 Å². The second-order valence-corrected chi connectivity index (χ2v) is 15.5. The van der Waals surface area contributed by atoms with Crippen molar-refractivity contribution >= 4 is 52.5 Å². The summed E-state index contributed by atoms with van der Waals surface area (Å²) in [5.41, 5.74) is 0.606. The predicted molar refractivity (Wildman–Crippen MR) is 217 cm³/mol. The number of esters is 1. The Kier molecular flexibility index (Phi) is 17.2. The maximum absolute atomic E-state index is 13.7. The van der Waals surface area contributed by atoms with Crippen LogP contribution in [0.2, 0.25) is 0 Å². The van der Waals surface area contributed by atoms with Crippen molar-refractivity contribution in [2.75, 3.05) is 13.1 Å². The van der Waals surface area contributed by atoms with E-state index in [1.807, 2.05) is 66.7 Å². The Morgan fingerprint density at radius 1 is 0.746 bits per heavy atom. The molecular formula is C43H55N5O11. The van der Waals surface area contributed by atoms with Crippen molar-refractivity contribution < 1.29 is 53.6 Å².